The van der Waals surface area contributed by atoms with Crippen LogP contribution >= 0.6 is 0 Å². The van der Waals surface area contributed by atoms with Crippen LogP contribution in [0.15, 0.2) is 35.3 Å². The first-order chi connectivity index (χ1) is 10.2. The molecular weight excluding hydrogens is 264 g/mol. The van der Waals surface area contributed by atoms with E-state index in [1.807, 2.05) is 6.07 Å². The van der Waals surface area contributed by atoms with E-state index < -0.39 is 0 Å². The van der Waals surface area contributed by atoms with E-state index in [2.05, 4.69) is 58.8 Å². The number of hydrogen-bond acceptors (Lipinski definition) is 3. The summed E-state index contributed by atoms with van der Waals surface area (Å²) in [7, 11) is 5.61. The third kappa shape index (κ3) is 6.49. The maximum absolute atomic E-state index is 5.03. The Hall–Kier alpha value is -1.75. The molecule has 0 aliphatic rings. The van der Waals surface area contributed by atoms with Crippen LogP contribution in [-0.2, 0) is 4.74 Å². The Balaban J connectivity index is 2.35. The van der Waals surface area contributed by atoms with E-state index in [0.717, 1.165) is 32.1 Å². The molecule has 0 heterocycles. The molecule has 0 radical (unpaired) electrons. The van der Waals surface area contributed by atoms with Crippen molar-refractivity contribution in [3.8, 4) is 0 Å². The Morgan fingerprint density at radius 1 is 1.29 bits per heavy atom. The van der Waals surface area contributed by atoms with Crippen molar-refractivity contribution in [3.05, 3.63) is 30.3 Å². The van der Waals surface area contributed by atoms with Crippen LogP contribution < -0.4 is 15.5 Å². The summed E-state index contributed by atoms with van der Waals surface area (Å²) in [5.41, 5.74) is 1.22. The van der Waals surface area contributed by atoms with Gasteiger partial charge < -0.3 is 20.3 Å². The van der Waals surface area contributed by atoms with Crippen LogP contribution in [-0.4, -0.2) is 52.9 Å². The van der Waals surface area contributed by atoms with E-state index >= 15 is 0 Å². The van der Waals surface area contributed by atoms with Gasteiger partial charge in [0.05, 0.1) is 0 Å². The minimum atomic E-state index is 0.366. The highest BCUT2D eigenvalue weighted by atomic mass is 16.5. The highest BCUT2D eigenvalue weighted by molar-refractivity contribution is 5.79. The molecule has 0 saturated carbocycles. The molecule has 5 nitrogen and oxygen atoms in total. The number of anilines is 1. The van der Waals surface area contributed by atoms with Gasteiger partial charge in [-0.2, -0.15) is 0 Å². The smallest absolute Gasteiger partial charge is 0.191 e. The summed E-state index contributed by atoms with van der Waals surface area (Å²) in [5, 5.41) is 6.63. The van der Waals surface area contributed by atoms with Crippen LogP contribution in [0.2, 0.25) is 0 Å². The van der Waals surface area contributed by atoms with Crippen molar-refractivity contribution in [3.63, 3.8) is 0 Å². The summed E-state index contributed by atoms with van der Waals surface area (Å²) < 4.78 is 5.03. The van der Waals surface area contributed by atoms with Crippen molar-refractivity contribution >= 4 is 11.6 Å². The zero-order valence-electron chi connectivity index (χ0n) is 13.6. The number of nitrogens with one attached hydrogen (secondary N) is 2. The first-order valence-electron chi connectivity index (χ1n) is 7.40. The van der Waals surface area contributed by atoms with Crippen molar-refractivity contribution in [1.29, 1.82) is 0 Å². The number of rotatable bonds is 8. The molecule has 0 bridgehead atoms. The predicted octanol–water partition coefficient (Wildman–Crippen LogP) is 1.71. The summed E-state index contributed by atoms with van der Waals surface area (Å²) in [6.45, 7) is 4.64. The quantitative estimate of drug-likeness (QED) is 0.435. The molecule has 0 fully saturated rings. The molecular formula is C16H28N4O. The maximum atomic E-state index is 5.03. The van der Waals surface area contributed by atoms with Gasteiger partial charge >= 0.3 is 0 Å². The van der Waals surface area contributed by atoms with E-state index in [4.69, 9.17) is 4.74 Å². The van der Waals surface area contributed by atoms with E-state index in [1.165, 1.54) is 5.69 Å². The molecule has 118 valence electrons. The second kappa shape index (κ2) is 10.0. The van der Waals surface area contributed by atoms with Gasteiger partial charge in [0.25, 0.3) is 0 Å². The number of hydrogen-bond donors (Lipinski definition) is 2. The molecule has 0 saturated heterocycles. The molecule has 5 heteroatoms. The van der Waals surface area contributed by atoms with E-state index in [1.54, 1.807) is 14.2 Å². The van der Waals surface area contributed by atoms with E-state index in [-0.39, 0.29) is 0 Å². The molecule has 1 aromatic carbocycles. The molecule has 0 aromatic heterocycles. The van der Waals surface area contributed by atoms with Crippen LogP contribution in [0.4, 0.5) is 5.69 Å². The summed E-state index contributed by atoms with van der Waals surface area (Å²) in [6, 6.07) is 10.8. The van der Waals surface area contributed by atoms with Gasteiger partial charge in [0.1, 0.15) is 0 Å². The standard InChI is InChI=1S/C16H28N4O/c1-14(20(3)15-9-6-5-7-10-15)13-19-16(17-2)18-11-8-12-21-4/h5-7,9-10,14H,8,11-13H2,1-4H3,(H2,17,18,19). The largest absolute Gasteiger partial charge is 0.385 e. The lowest BCUT2D eigenvalue weighted by Gasteiger charge is -2.27. The summed E-state index contributed by atoms with van der Waals surface area (Å²) in [5.74, 6) is 0.833. The third-order valence-corrected chi connectivity index (χ3v) is 3.43. The summed E-state index contributed by atoms with van der Waals surface area (Å²) >= 11 is 0. The maximum Gasteiger partial charge on any atom is 0.191 e. The average molecular weight is 292 g/mol. The van der Waals surface area contributed by atoms with Crippen molar-refractivity contribution in [2.45, 2.75) is 19.4 Å². The molecule has 1 aromatic rings. The average Bonchev–Trinajstić information content (AvgIpc) is 2.54. The van der Waals surface area contributed by atoms with Gasteiger partial charge in [-0.05, 0) is 25.5 Å². The van der Waals surface area contributed by atoms with Gasteiger partial charge in [0, 0.05) is 52.6 Å². The van der Waals surface area contributed by atoms with Crippen molar-refractivity contribution in [2.75, 3.05) is 45.8 Å². The number of guanidine groups is 1. The number of ether oxygens (including phenoxy) is 1. The number of para-hydroxylation sites is 1. The fourth-order valence-corrected chi connectivity index (χ4v) is 1.94. The first-order valence-corrected chi connectivity index (χ1v) is 7.40. The lowest BCUT2D eigenvalue weighted by Crippen LogP contribution is -2.45. The monoisotopic (exact) mass is 292 g/mol. The third-order valence-electron chi connectivity index (χ3n) is 3.43. The lowest BCUT2D eigenvalue weighted by atomic mass is 10.2. The number of methoxy groups -OCH3 is 1. The van der Waals surface area contributed by atoms with Gasteiger partial charge in [-0.15, -0.1) is 0 Å². The molecule has 0 spiro atoms. The van der Waals surface area contributed by atoms with Crippen LogP contribution in [0.1, 0.15) is 13.3 Å². The highest BCUT2D eigenvalue weighted by Gasteiger charge is 2.10. The van der Waals surface area contributed by atoms with Gasteiger partial charge in [-0.1, -0.05) is 18.2 Å². The number of likely N-dealkylation sites (N-methyl/N-ethyl adjacent to an activating group) is 1. The fourth-order valence-electron chi connectivity index (χ4n) is 1.94. The van der Waals surface area contributed by atoms with Crippen LogP contribution in [0, 0.1) is 0 Å². The van der Waals surface area contributed by atoms with Crippen molar-refractivity contribution < 1.29 is 4.74 Å². The Morgan fingerprint density at radius 2 is 2.00 bits per heavy atom. The normalized spacial score (nSPS) is 12.9. The number of aliphatic imine (C=N–C) groups is 1. The van der Waals surface area contributed by atoms with Gasteiger partial charge in [-0.3, -0.25) is 4.99 Å². The minimum Gasteiger partial charge on any atom is -0.385 e. The van der Waals surface area contributed by atoms with E-state index in [0.29, 0.717) is 6.04 Å². The van der Waals surface area contributed by atoms with Gasteiger partial charge in [-0.25, -0.2) is 0 Å². The van der Waals surface area contributed by atoms with Crippen LogP contribution in [0.25, 0.3) is 0 Å². The van der Waals surface area contributed by atoms with Gasteiger partial charge in [0.2, 0.25) is 0 Å². The minimum absolute atomic E-state index is 0.366. The molecule has 0 amide bonds. The van der Waals surface area contributed by atoms with Gasteiger partial charge in [0.15, 0.2) is 5.96 Å². The first kappa shape index (κ1) is 17.3. The molecule has 1 unspecified atom stereocenters. The van der Waals surface area contributed by atoms with Crippen molar-refractivity contribution in [1.82, 2.24) is 10.6 Å². The van der Waals surface area contributed by atoms with Crippen LogP contribution in [0.3, 0.4) is 0 Å². The lowest BCUT2D eigenvalue weighted by molar-refractivity contribution is 0.195. The Morgan fingerprint density at radius 3 is 2.62 bits per heavy atom. The van der Waals surface area contributed by atoms with Crippen molar-refractivity contribution in [2.24, 2.45) is 4.99 Å². The second-order valence-corrected chi connectivity index (χ2v) is 5.02. The number of benzene rings is 1. The topological polar surface area (TPSA) is 48.9 Å². The second-order valence-electron chi connectivity index (χ2n) is 5.02. The SMILES string of the molecule is CN=C(NCCCOC)NCC(C)N(C)c1ccccc1. The number of nitrogens with zero attached hydrogens (tertiary/aromatic N) is 2. The predicted molar refractivity (Wildman–Crippen MR) is 90.2 cm³/mol. The Kier molecular flexibility index (Phi) is 8.28. The molecule has 0 aliphatic heterocycles. The summed E-state index contributed by atoms with van der Waals surface area (Å²) in [6.07, 6.45) is 0.969. The molecule has 2 N–H and O–H groups in total. The van der Waals surface area contributed by atoms with Crippen LogP contribution in [0.5, 0.6) is 0 Å². The summed E-state index contributed by atoms with van der Waals surface area (Å²) in [4.78, 5) is 6.48. The molecule has 1 rings (SSSR count). The Bertz CT molecular complexity index is 408. The van der Waals surface area contributed by atoms with E-state index in [9.17, 15) is 0 Å². The zero-order valence-corrected chi connectivity index (χ0v) is 13.6. The molecule has 0 aliphatic carbocycles. The molecule has 1 atom stereocenters. The molecule has 21 heavy (non-hydrogen) atoms. The zero-order chi connectivity index (χ0) is 15.5. The highest BCUT2D eigenvalue weighted by Crippen LogP contribution is 2.13. The Labute approximate surface area is 128 Å². The fraction of sp³-hybridized carbons (Fsp3) is 0.562.